The highest BCUT2D eigenvalue weighted by Crippen LogP contribution is 2.23. The molecular weight excluding hydrogens is 193 g/mol. The summed E-state index contributed by atoms with van der Waals surface area (Å²) in [6, 6.07) is 6.49. The van der Waals surface area contributed by atoms with Crippen LogP contribution in [-0.4, -0.2) is 19.2 Å². The van der Waals surface area contributed by atoms with E-state index in [1.165, 1.54) is 6.07 Å². The first-order valence-corrected chi connectivity index (χ1v) is 5.19. The molecule has 0 aromatic heterocycles. The van der Waals surface area contributed by atoms with E-state index >= 15 is 0 Å². The zero-order chi connectivity index (χ0) is 11.3. The van der Waals surface area contributed by atoms with Gasteiger partial charge in [0, 0.05) is 6.54 Å². The largest absolute Gasteiger partial charge is 0.483 e. The number of likely N-dealkylation sites (N-methyl/N-ethyl adjacent to an activating group) is 1. The third-order valence-corrected chi connectivity index (χ3v) is 2.49. The van der Waals surface area contributed by atoms with E-state index in [0.29, 0.717) is 12.3 Å². The molecule has 0 aliphatic rings. The molecule has 1 aromatic carbocycles. The number of para-hydroxylation sites is 1. The molecule has 0 amide bonds. The molecule has 0 saturated carbocycles. The van der Waals surface area contributed by atoms with Gasteiger partial charge in [0.05, 0.1) is 0 Å². The molecule has 15 heavy (non-hydrogen) atoms. The zero-order valence-corrected chi connectivity index (χ0v) is 9.51. The average molecular weight is 211 g/mol. The summed E-state index contributed by atoms with van der Waals surface area (Å²) in [6.45, 7) is 4.69. The molecule has 0 heterocycles. The summed E-state index contributed by atoms with van der Waals surface area (Å²) < 4.78 is 19.0. The van der Waals surface area contributed by atoms with Crippen LogP contribution in [0.1, 0.15) is 20.3 Å². The lowest BCUT2D eigenvalue weighted by molar-refractivity contribution is 0.0808. The molecule has 0 saturated heterocycles. The molecule has 0 fully saturated rings. The van der Waals surface area contributed by atoms with Crippen LogP contribution < -0.4 is 10.1 Å². The van der Waals surface area contributed by atoms with Crippen molar-refractivity contribution in [3.63, 3.8) is 0 Å². The Morgan fingerprint density at radius 2 is 2.07 bits per heavy atom. The molecule has 1 atom stereocenters. The second-order valence-corrected chi connectivity index (χ2v) is 3.87. The standard InChI is InChI=1S/C12H18FNO/c1-4-12(2,9-14-3)15-11-8-6-5-7-10(11)13/h5-8,14H,4,9H2,1-3H3. The number of hydrogen-bond donors (Lipinski definition) is 1. The van der Waals surface area contributed by atoms with Crippen LogP contribution in [0.25, 0.3) is 0 Å². The van der Waals surface area contributed by atoms with Gasteiger partial charge in [0.1, 0.15) is 5.60 Å². The summed E-state index contributed by atoms with van der Waals surface area (Å²) in [5.41, 5.74) is -0.364. The fourth-order valence-electron chi connectivity index (χ4n) is 1.40. The Morgan fingerprint density at radius 1 is 1.40 bits per heavy atom. The number of halogens is 1. The molecule has 1 aromatic rings. The Morgan fingerprint density at radius 3 is 2.60 bits per heavy atom. The van der Waals surface area contributed by atoms with Gasteiger partial charge in [-0.15, -0.1) is 0 Å². The molecule has 0 bridgehead atoms. The van der Waals surface area contributed by atoms with Gasteiger partial charge in [-0.05, 0) is 32.5 Å². The van der Waals surface area contributed by atoms with Gasteiger partial charge in [-0.2, -0.15) is 0 Å². The van der Waals surface area contributed by atoms with Crippen molar-refractivity contribution in [2.24, 2.45) is 0 Å². The van der Waals surface area contributed by atoms with Crippen molar-refractivity contribution in [1.82, 2.24) is 5.32 Å². The molecule has 3 heteroatoms. The Balaban J connectivity index is 2.79. The second kappa shape index (κ2) is 5.12. The van der Waals surface area contributed by atoms with Gasteiger partial charge < -0.3 is 10.1 Å². The lowest BCUT2D eigenvalue weighted by Gasteiger charge is -2.29. The molecule has 0 radical (unpaired) electrons. The summed E-state index contributed by atoms with van der Waals surface area (Å²) in [5, 5.41) is 3.05. The topological polar surface area (TPSA) is 21.3 Å². The Hall–Kier alpha value is -1.09. The molecule has 84 valence electrons. The van der Waals surface area contributed by atoms with Crippen LogP contribution in [0.4, 0.5) is 4.39 Å². The highest BCUT2D eigenvalue weighted by Gasteiger charge is 2.24. The van der Waals surface area contributed by atoms with Crippen molar-refractivity contribution >= 4 is 0 Å². The number of hydrogen-bond acceptors (Lipinski definition) is 2. The summed E-state index contributed by atoms with van der Waals surface area (Å²) in [7, 11) is 1.86. The quantitative estimate of drug-likeness (QED) is 0.808. The van der Waals surface area contributed by atoms with Gasteiger partial charge in [0.2, 0.25) is 0 Å². The van der Waals surface area contributed by atoms with Gasteiger partial charge in [0.15, 0.2) is 11.6 Å². The van der Waals surface area contributed by atoms with Crippen molar-refractivity contribution in [2.45, 2.75) is 25.9 Å². The Labute approximate surface area is 90.4 Å². The van der Waals surface area contributed by atoms with E-state index < -0.39 is 0 Å². The molecular formula is C12H18FNO. The van der Waals surface area contributed by atoms with Gasteiger partial charge in [-0.3, -0.25) is 0 Å². The summed E-state index contributed by atoms with van der Waals surface area (Å²) in [4.78, 5) is 0. The fraction of sp³-hybridized carbons (Fsp3) is 0.500. The molecule has 1 rings (SSSR count). The lowest BCUT2D eigenvalue weighted by Crippen LogP contribution is -2.41. The highest BCUT2D eigenvalue weighted by atomic mass is 19.1. The van der Waals surface area contributed by atoms with Crippen molar-refractivity contribution in [3.8, 4) is 5.75 Å². The third kappa shape index (κ3) is 3.20. The maximum atomic E-state index is 13.4. The number of nitrogens with one attached hydrogen (secondary N) is 1. The lowest BCUT2D eigenvalue weighted by atomic mass is 10.0. The van der Waals surface area contributed by atoms with Crippen LogP contribution in [0, 0.1) is 5.82 Å². The minimum atomic E-state index is -0.364. The molecule has 2 nitrogen and oxygen atoms in total. The van der Waals surface area contributed by atoms with E-state index in [-0.39, 0.29) is 11.4 Å². The predicted octanol–water partition coefficient (Wildman–Crippen LogP) is 2.59. The van der Waals surface area contributed by atoms with E-state index in [9.17, 15) is 4.39 Å². The summed E-state index contributed by atoms with van der Waals surface area (Å²) in [6.07, 6.45) is 0.822. The molecule has 1 N–H and O–H groups in total. The van der Waals surface area contributed by atoms with E-state index in [1.807, 2.05) is 20.9 Å². The number of benzene rings is 1. The average Bonchev–Trinajstić information content (AvgIpc) is 2.22. The van der Waals surface area contributed by atoms with E-state index in [4.69, 9.17) is 4.74 Å². The van der Waals surface area contributed by atoms with Gasteiger partial charge in [-0.1, -0.05) is 19.1 Å². The van der Waals surface area contributed by atoms with E-state index in [0.717, 1.165) is 6.42 Å². The third-order valence-electron chi connectivity index (χ3n) is 2.49. The number of ether oxygens (including phenoxy) is 1. The molecule has 0 aliphatic carbocycles. The highest BCUT2D eigenvalue weighted by molar-refractivity contribution is 5.24. The van der Waals surface area contributed by atoms with Crippen LogP contribution in [0.2, 0.25) is 0 Å². The minimum Gasteiger partial charge on any atom is -0.483 e. The van der Waals surface area contributed by atoms with Crippen LogP contribution >= 0.6 is 0 Å². The second-order valence-electron chi connectivity index (χ2n) is 3.87. The van der Waals surface area contributed by atoms with Gasteiger partial charge in [-0.25, -0.2) is 4.39 Å². The SMILES string of the molecule is CCC(C)(CNC)Oc1ccccc1F. The van der Waals surface area contributed by atoms with Crippen LogP contribution in [0.3, 0.4) is 0 Å². The van der Waals surface area contributed by atoms with Crippen LogP contribution in [0.5, 0.6) is 5.75 Å². The first-order valence-electron chi connectivity index (χ1n) is 5.19. The van der Waals surface area contributed by atoms with Gasteiger partial charge >= 0.3 is 0 Å². The van der Waals surface area contributed by atoms with Crippen molar-refractivity contribution in [1.29, 1.82) is 0 Å². The maximum Gasteiger partial charge on any atom is 0.165 e. The molecule has 1 unspecified atom stereocenters. The zero-order valence-electron chi connectivity index (χ0n) is 9.51. The minimum absolute atomic E-state index is 0.312. The predicted molar refractivity (Wildman–Crippen MR) is 59.7 cm³/mol. The van der Waals surface area contributed by atoms with E-state index in [1.54, 1.807) is 18.2 Å². The Kier molecular flexibility index (Phi) is 4.09. The molecule has 0 spiro atoms. The van der Waals surface area contributed by atoms with Crippen LogP contribution in [0.15, 0.2) is 24.3 Å². The van der Waals surface area contributed by atoms with Gasteiger partial charge in [0.25, 0.3) is 0 Å². The molecule has 0 aliphatic heterocycles. The van der Waals surface area contributed by atoms with Crippen molar-refractivity contribution in [3.05, 3.63) is 30.1 Å². The van der Waals surface area contributed by atoms with E-state index in [2.05, 4.69) is 5.32 Å². The van der Waals surface area contributed by atoms with Crippen molar-refractivity contribution < 1.29 is 9.13 Å². The first kappa shape index (κ1) is 12.0. The summed E-state index contributed by atoms with van der Waals surface area (Å²) in [5.74, 6) is 0.00498. The summed E-state index contributed by atoms with van der Waals surface area (Å²) >= 11 is 0. The first-order chi connectivity index (χ1) is 7.11. The maximum absolute atomic E-state index is 13.4. The normalized spacial score (nSPS) is 14.7. The van der Waals surface area contributed by atoms with Crippen LogP contribution in [-0.2, 0) is 0 Å². The fourth-order valence-corrected chi connectivity index (χ4v) is 1.40. The monoisotopic (exact) mass is 211 g/mol. The number of rotatable bonds is 5. The Bertz CT molecular complexity index is 316. The smallest absolute Gasteiger partial charge is 0.165 e. The van der Waals surface area contributed by atoms with Crippen molar-refractivity contribution in [2.75, 3.05) is 13.6 Å².